The van der Waals surface area contributed by atoms with Gasteiger partial charge in [0.1, 0.15) is 11.5 Å². The Morgan fingerprint density at radius 1 is 0.812 bits per heavy atom. The Labute approximate surface area is 185 Å². The molecule has 7 nitrogen and oxygen atoms in total. The first-order chi connectivity index (χ1) is 15.5. The highest BCUT2D eigenvalue weighted by atomic mass is 32.2. The number of aromatic nitrogens is 1. The van der Waals surface area contributed by atoms with Crippen LogP contribution < -0.4 is 9.47 Å². The van der Waals surface area contributed by atoms with Gasteiger partial charge in [0.05, 0.1) is 19.1 Å². The van der Waals surface area contributed by atoms with Crippen LogP contribution in [-0.4, -0.2) is 33.6 Å². The summed E-state index contributed by atoms with van der Waals surface area (Å²) in [6, 6.07) is 20.8. The van der Waals surface area contributed by atoms with Crippen molar-refractivity contribution in [3.05, 3.63) is 90.1 Å². The minimum Gasteiger partial charge on any atom is -0.497 e. The van der Waals surface area contributed by atoms with E-state index >= 15 is 0 Å². The summed E-state index contributed by atoms with van der Waals surface area (Å²) in [5, 5.41) is 3.88. The molecule has 0 spiro atoms. The summed E-state index contributed by atoms with van der Waals surface area (Å²) >= 11 is 0. The molecule has 0 saturated carbocycles. The molecule has 0 fully saturated rings. The number of ketones is 1. The highest BCUT2D eigenvalue weighted by molar-refractivity contribution is 7.91. The van der Waals surface area contributed by atoms with Crippen molar-refractivity contribution in [1.29, 1.82) is 0 Å². The zero-order valence-corrected chi connectivity index (χ0v) is 18.1. The van der Waals surface area contributed by atoms with Gasteiger partial charge in [-0.1, -0.05) is 23.4 Å². The van der Waals surface area contributed by atoms with E-state index in [0.717, 1.165) is 0 Å². The number of hydrogen-bond acceptors (Lipinski definition) is 7. The second-order valence-corrected chi connectivity index (χ2v) is 8.68. The van der Waals surface area contributed by atoms with Crippen LogP contribution in [0.25, 0.3) is 11.3 Å². The number of carbonyl (C=O) groups is 1. The molecule has 1 heterocycles. The molecule has 4 aromatic rings. The van der Waals surface area contributed by atoms with Gasteiger partial charge in [-0.05, 0) is 60.7 Å². The molecule has 3 aromatic carbocycles. The Kier molecular flexibility index (Phi) is 5.79. The predicted octanol–water partition coefficient (Wildman–Crippen LogP) is 4.42. The molecule has 1 aromatic heterocycles. The van der Waals surface area contributed by atoms with Crippen molar-refractivity contribution in [2.45, 2.75) is 9.79 Å². The van der Waals surface area contributed by atoms with E-state index in [1.807, 2.05) is 0 Å². The van der Waals surface area contributed by atoms with Crippen molar-refractivity contribution < 1.29 is 27.2 Å². The fourth-order valence-corrected chi connectivity index (χ4v) is 4.73. The number of carbonyl (C=O) groups excluding carboxylic acids is 1. The predicted molar refractivity (Wildman–Crippen MR) is 117 cm³/mol. The van der Waals surface area contributed by atoms with Gasteiger partial charge in [-0.15, -0.1) is 0 Å². The summed E-state index contributed by atoms with van der Waals surface area (Å²) in [5.74, 6) is 0.562. The van der Waals surface area contributed by atoms with Crippen LogP contribution in [0.15, 0.2) is 93.2 Å². The van der Waals surface area contributed by atoms with Crippen LogP contribution in [0.4, 0.5) is 0 Å². The van der Waals surface area contributed by atoms with E-state index in [2.05, 4.69) is 5.16 Å². The Hall–Kier alpha value is -3.91. The van der Waals surface area contributed by atoms with Crippen LogP contribution >= 0.6 is 0 Å². The fraction of sp³-hybridized carbons (Fsp3) is 0.0833. The molecular formula is C24H19NO6S. The van der Waals surface area contributed by atoms with Gasteiger partial charge in [-0.3, -0.25) is 4.79 Å². The molecule has 0 bridgehead atoms. The third-order valence-electron chi connectivity index (χ3n) is 4.89. The molecule has 0 radical (unpaired) electrons. The van der Waals surface area contributed by atoms with Crippen molar-refractivity contribution in [3.8, 4) is 22.8 Å². The van der Waals surface area contributed by atoms with Gasteiger partial charge in [0, 0.05) is 11.1 Å². The lowest BCUT2D eigenvalue weighted by Gasteiger charge is -2.07. The quantitative estimate of drug-likeness (QED) is 0.385. The van der Waals surface area contributed by atoms with Crippen molar-refractivity contribution in [2.75, 3.05) is 14.2 Å². The number of rotatable bonds is 7. The number of sulfone groups is 1. The van der Waals surface area contributed by atoms with Crippen LogP contribution in [0.2, 0.25) is 0 Å². The van der Waals surface area contributed by atoms with Crippen LogP contribution in [0.1, 0.15) is 16.1 Å². The van der Waals surface area contributed by atoms with E-state index in [-0.39, 0.29) is 26.8 Å². The molecule has 0 atom stereocenters. The van der Waals surface area contributed by atoms with E-state index in [9.17, 15) is 13.2 Å². The number of hydrogen-bond donors (Lipinski definition) is 0. The minimum absolute atomic E-state index is 0.0200. The van der Waals surface area contributed by atoms with Crippen LogP contribution in [0.5, 0.6) is 11.5 Å². The summed E-state index contributed by atoms with van der Waals surface area (Å²) in [5.41, 5.74) is 0.413. The number of nitrogens with zero attached hydrogens (tertiary/aromatic N) is 1. The van der Waals surface area contributed by atoms with Crippen molar-refractivity contribution in [1.82, 2.24) is 5.16 Å². The van der Waals surface area contributed by atoms with Gasteiger partial charge >= 0.3 is 0 Å². The van der Waals surface area contributed by atoms with Crippen LogP contribution in [-0.2, 0) is 9.84 Å². The molecule has 0 unspecified atom stereocenters. The molecule has 0 aliphatic heterocycles. The van der Waals surface area contributed by atoms with E-state index in [0.29, 0.717) is 17.1 Å². The van der Waals surface area contributed by atoms with Gasteiger partial charge in [-0.2, -0.15) is 0 Å². The maximum absolute atomic E-state index is 13.6. The molecule has 0 aliphatic rings. The first-order valence-corrected chi connectivity index (χ1v) is 11.1. The number of ether oxygens (including phenoxy) is 2. The Morgan fingerprint density at radius 2 is 1.38 bits per heavy atom. The maximum atomic E-state index is 13.6. The van der Waals surface area contributed by atoms with Gasteiger partial charge in [0.25, 0.3) is 0 Å². The van der Waals surface area contributed by atoms with Crippen molar-refractivity contribution >= 4 is 15.6 Å². The summed E-state index contributed by atoms with van der Waals surface area (Å²) in [6.45, 7) is 0. The van der Waals surface area contributed by atoms with Crippen molar-refractivity contribution in [3.63, 3.8) is 0 Å². The molecule has 0 N–H and O–H groups in total. The molecule has 4 rings (SSSR count). The van der Waals surface area contributed by atoms with Gasteiger partial charge < -0.3 is 14.0 Å². The van der Waals surface area contributed by atoms with E-state index in [1.165, 1.54) is 26.4 Å². The fourth-order valence-electron chi connectivity index (χ4n) is 3.20. The summed E-state index contributed by atoms with van der Waals surface area (Å²) in [4.78, 5) is 13.0. The third kappa shape index (κ3) is 3.88. The zero-order chi connectivity index (χ0) is 22.7. The Balaban J connectivity index is 1.90. The molecule has 0 saturated heterocycles. The summed E-state index contributed by atoms with van der Waals surface area (Å²) in [6.07, 6.45) is 0. The summed E-state index contributed by atoms with van der Waals surface area (Å²) < 4.78 is 42.9. The van der Waals surface area contributed by atoms with Crippen molar-refractivity contribution in [2.24, 2.45) is 0 Å². The molecule has 8 heteroatoms. The van der Waals surface area contributed by atoms with E-state index < -0.39 is 15.6 Å². The smallest absolute Gasteiger partial charge is 0.216 e. The second kappa shape index (κ2) is 8.68. The minimum atomic E-state index is -4.12. The SMILES string of the molecule is COc1ccc(C(=O)c2noc(-c3ccc(OC)cc3)c2S(=O)(=O)c2ccccc2)cc1. The largest absolute Gasteiger partial charge is 0.497 e. The standard InChI is InChI=1S/C24H19NO6S/c1-29-18-12-8-16(9-13-18)22(26)21-24(32(27,28)20-6-4-3-5-7-20)23(31-25-21)17-10-14-19(30-2)15-11-17/h3-15H,1-2H3. The normalized spacial score (nSPS) is 11.2. The van der Waals surface area contributed by atoms with Gasteiger partial charge in [0.2, 0.25) is 15.6 Å². The van der Waals surface area contributed by atoms with E-state index in [4.69, 9.17) is 14.0 Å². The third-order valence-corrected chi connectivity index (χ3v) is 6.70. The number of methoxy groups -OCH3 is 2. The molecule has 0 aliphatic carbocycles. The first-order valence-electron chi connectivity index (χ1n) is 9.58. The molecular weight excluding hydrogens is 430 g/mol. The highest BCUT2D eigenvalue weighted by Gasteiger charge is 2.34. The molecule has 162 valence electrons. The lowest BCUT2D eigenvalue weighted by molar-refractivity contribution is 0.102. The zero-order valence-electron chi connectivity index (χ0n) is 17.3. The monoisotopic (exact) mass is 449 g/mol. The highest BCUT2D eigenvalue weighted by Crippen LogP contribution is 2.36. The van der Waals surface area contributed by atoms with Crippen LogP contribution in [0.3, 0.4) is 0 Å². The van der Waals surface area contributed by atoms with Gasteiger partial charge in [-0.25, -0.2) is 8.42 Å². The van der Waals surface area contributed by atoms with E-state index in [1.54, 1.807) is 66.7 Å². The Bertz CT molecular complexity index is 1340. The molecule has 32 heavy (non-hydrogen) atoms. The van der Waals surface area contributed by atoms with Crippen LogP contribution in [0, 0.1) is 0 Å². The maximum Gasteiger partial charge on any atom is 0.216 e. The average Bonchev–Trinajstić information content (AvgIpc) is 3.30. The molecule has 0 amide bonds. The Morgan fingerprint density at radius 3 is 1.94 bits per heavy atom. The topological polar surface area (TPSA) is 95.7 Å². The summed E-state index contributed by atoms with van der Waals surface area (Å²) in [7, 11) is -1.08. The lowest BCUT2D eigenvalue weighted by atomic mass is 10.1. The average molecular weight is 449 g/mol. The van der Waals surface area contributed by atoms with Gasteiger partial charge in [0.15, 0.2) is 16.3 Å². The second-order valence-electron chi connectivity index (χ2n) is 6.79. The first kappa shape index (κ1) is 21.3. The lowest BCUT2D eigenvalue weighted by Crippen LogP contribution is -2.11. The number of benzene rings is 3.